The molecule has 94 valence electrons. The number of rotatable bonds is 6. The van der Waals surface area contributed by atoms with Gasteiger partial charge in [-0.2, -0.15) is 0 Å². The number of carbonyl (C=O) groups is 1. The summed E-state index contributed by atoms with van der Waals surface area (Å²) < 4.78 is 10.2. The average Bonchev–Trinajstić information content (AvgIpc) is 2.36. The molecule has 0 spiro atoms. The SMILES string of the molecule is CCOCC(=O)NC(C)c1cccc(OC)c1. The number of benzene rings is 1. The van der Waals surface area contributed by atoms with Crippen molar-refractivity contribution in [3.8, 4) is 5.75 Å². The van der Waals surface area contributed by atoms with Gasteiger partial charge < -0.3 is 14.8 Å². The lowest BCUT2D eigenvalue weighted by atomic mass is 10.1. The van der Waals surface area contributed by atoms with Gasteiger partial charge in [0.1, 0.15) is 12.4 Å². The first-order valence-corrected chi connectivity index (χ1v) is 5.68. The zero-order valence-electron chi connectivity index (χ0n) is 10.5. The Hall–Kier alpha value is -1.55. The second kappa shape index (κ2) is 6.91. The van der Waals surface area contributed by atoms with E-state index in [0.29, 0.717) is 6.61 Å². The molecule has 0 aliphatic rings. The quantitative estimate of drug-likeness (QED) is 0.822. The monoisotopic (exact) mass is 237 g/mol. The van der Waals surface area contributed by atoms with Crippen LogP contribution in [0, 0.1) is 0 Å². The van der Waals surface area contributed by atoms with Gasteiger partial charge in [0, 0.05) is 6.61 Å². The largest absolute Gasteiger partial charge is 0.497 e. The van der Waals surface area contributed by atoms with Gasteiger partial charge in [-0.15, -0.1) is 0 Å². The molecule has 1 rings (SSSR count). The highest BCUT2D eigenvalue weighted by molar-refractivity contribution is 5.77. The van der Waals surface area contributed by atoms with Gasteiger partial charge >= 0.3 is 0 Å². The van der Waals surface area contributed by atoms with Crippen LogP contribution in [0.1, 0.15) is 25.5 Å². The summed E-state index contributed by atoms with van der Waals surface area (Å²) in [6, 6.07) is 7.58. The van der Waals surface area contributed by atoms with E-state index in [0.717, 1.165) is 11.3 Å². The predicted molar refractivity (Wildman–Crippen MR) is 66.0 cm³/mol. The second-order valence-electron chi connectivity index (χ2n) is 3.70. The van der Waals surface area contributed by atoms with Gasteiger partial charge in [-0.1, -0.05) is 12.1 Å². The molecule has 1 aromatic carbocycles. The van der Waals surface area contributed by atoms with E-state index in [4.69, 9.17) is 9.47 Å². The van der Waals surface area contributed by atoms with Crippen LogP contribution in [0.3, 0.4) is 0 Å². The van der Waals surface area contributed by atoms with Crippen LogP contribution in [0.2, 0.25) is 0 Å². The molecule has 17 heavy (non-hydrogen) atoms. The highest BCUT2D eigenvalue weighted by Crippen LogP contribution is 2.18. The summed E-state index contributed by atoms with van der Waals surface area (Å²) in [5, 5.41) is 2.86. The molecule has 1 atom stereocenters. The Morgan fingerprint density at radius 1 is 1.47 bits per heavy atom. The summed E-state index contributed by atoms with van der Waals surface area (Å²) in [7, 11) is 1.62. The minimum Gasteiger partial charge on any atom is -0.497 e. The molecule has 0 saturated heterocycles. The zero-order chi connectivity index (χ0) is 12.7. The van der Waals surface area contributed by atoms with Crippen molar-refractivity contribution in [3.05, 3.63) is 29.8 Å². The highest BCUT2D eigenvalue weighted by atomic mass is 16.5. The number of hydrogen-bond acceptors (Lipinski definition) is 3. The maximum absolute atomic E-state index is 11.5. The van der Waals surface area contributed by atoms with Gasteiger partial charge in [0.2, 0.25) is 5.91 Å². The summed E-state index contributed by atoms with van der Waals surface area (Å²) in [6.07, 6.45) is 0. The Kier molecular flexibility index (Phi) is 5.49. The van der Waals surface area contributed by atoms with E-state index in [1.54, 1.807) is 7.11 Å². The molecule has 1 amide bonds. The maximum atomic E-state index is 11.5. The standard InChI is InChI=1S/C13H19NO3/c1-4-17-9-13(15)14-10(2)11-6-5-7-12(8-11)16-3/h5-8,10H,4,9H2,1-3H3,(H,14,15). The molecule has 0 heterocycles. The van der Waals surface area contributed by atoms with E-state index in [-0.39, 0.29) is 18.6 Å². The number of nitrogens with one attached hydrogen (secondary N) is 1. The summed E-state index contributed by atoms with van der Waals surface area (Å²) in [6.45, 7) is 4.43. The Labute approximate surface area is 102 Å². The molecule has 1 unspecified atom stereocenters. The molecule has 0 fully saturated rings. The topological polar surface area (TPSA) is 47.6 Å². The third-order valence-corrected chi connectivity index (χ3v) is 2.41. The van der Waals surface area contributed by atoms with E-state index >= 15 is 0 Å². The Morgan fingerprint density at radius 3 is 2.88 bits per heavy atom. The molecule has 0 saturated carbocycles. The van der Waals surface area contributed by atoms with Crippen LogP contribution in [0.25, 0.3) is 0 Å². The molecule has 1 aromatic rings. The fraction of sp³-hybridized carbons (Fsp3) is 0.462. The van der Waals surface area contributed by atoms with Gasteiger partial charge in [-0.3, -0.25) is 4.79 Å². The van der Waals surface area contributed by atoms with Gasteiger partial charge in [0.05, 0.1) is 13.2 Å². The summed E-state index contributed by atoms with van der Waals surface area (Å²) in [4.78, 5) is 11.5. The van der Waals surface area contributed by atoms with E-state index in [2.05, 4.69) is 5.32 Å². The fourth-order valence-electron chi connectivity index (χ4n) is 1.47. The maximum Gasteiger partial charge on any atom is 0.246 e. The molecule has 0 aliphatic heterocycles. The normalized spacial score (nSPS) is 11.9. The predicted octanol–water partition coefficient (Wildman–Crippen LogP) is 1.91. The minimum atomic E-state index is -0.109. The zero-order valence-corrected chi connectivity index (χ0v) is 10.5. The van der Waals surface area contributed by atoms with Crippen molar-refractivity contribution >= 4 is 5.91 Å². The smallest absolute Gasteiger partial charge is 0.246 e. The van der Waals surface area contributed by atoms with E-state index < -0.39 is 0 Å². The first kappa shape index (κ1) is 13.5. The number of hydrogen-bond donors (Lipinski definition) is 1. The third kappa shape index (κ3) is 4.44. The molecule has 0 aliphatic carbocycles. The lowest BCUT2D eigenvalue weighted by molar-refractivity contribution is -0.126. The minimum absolute atomic E-state index is 0.0574. The van der Waals surface area contributed by atoms with Crippen LogP contribution in [0.4, 0.5) is 0 Å². The lowest BCUT2D eigenvalue weighted by Gasteiger charge is -2.15. The van der Waals surface area contributed by atoms with Crippen molar-refractivity contribution < 1.29 is 14.3 Å². The number of methoxy groups -OCH3 is 1. The number of ether oxygens (including phenoxy) is 2. The Balaban J connectivity index is 2.56. The van der Waals surface area contributed by atoms with Gasteiger partial charge in [-0.05, 0) is 31.5 Å². The summed E-state index contributed by atoms with van der Waals surface area (Å²) in [5.74, 6) is 0.676. The van der Waals surface area contributed by atoms with Crippen molar-refractivity contribution in [3.63, 3.8) is 0 Å². The molecule has 0 radical (unpaired) electrons. The van der Waals surface area contributed by atoms with E-state index in [1.807, 2.05) is 38.1 Å². The van der Waals surface area contributed by atoms with Crippen molar-refractivity contribution in [1.29, 1.82) is 0 Å². The molecule has 1 N–H and O–H groups in total. The van der Waals surface area contributed by atoms with Crippen LogP contribution in [0.15, 0.2) is 24.3 Å². The van der Waals surface area contributed by atoms with Crippen LogP contribution < -0.4 is 10.1 Å². The van der Waals surface area contributed by atoms with Crippen molar-refractivity contribution in [1.82, 2.24) is 5.32 Å². The van der Waals surface area contributed by atoms with Gasteiger partial charge in [0.15, 0.2) is 0 Å². The fourth-order valence-corrected chi connectivity index (χ4v) is 1.47. The Bertz CT molecular complexity index is 365. The lowest BCUT2D eigenvalue weighted by Crippen LogP contribution is -2.30. The number of carbonyl (C=O) groups excluding carboxylic acids is 1. The third-order valence-electron chi connectivity index (χ3n) is 2.41. The number of amides is 1. The van der Waals surface area contributed by atoms with E-state index in [9.17, 15) is 4.79 Å². The van der Waals surface area contributed by atoms with Crippen LogP contribution in [0.5, 0.6) is 5.75 Å². The van der Waals surface area contributed by atoms with Crippen LogP contribution >= 0.6 is 0 Å². The first-order valence-electron chi connectivity index (χ1n) is 5.68. The van der Waals surface area contributed by atoms with Crippen LogP contribution in [-0.2, 0) is 9.53 Å². The van der Waals surface area contributed by atoms with Crippen LogP contribution in [-0.4, -0.2) is 26.2 Å². The van der Waals surface area contributed by atoms with Gasteiger partial charge in [-0.25, -0.2) is 0 Å². The first-order chi connectivity index (χ1) is 8.17. The van der Waals surface area contributed by atoms with E-state index in [1.165, 1.54) is 0 Å². The molecular weight excluding hydrogens is 218 g/mol. The molecule has 0 bridgehead atoms. The van der Waals surface area contributed by atoms with Gasteiger partial charge in [0.25, 0.3) is 0 Å². The molecule has 4 nitrogen and oxygen atoms in total. The van der Waals surface area contributed by atoms with Crippen molar-refractivity contribution in [2.24, 2.45) is 0 Å². The highest BCUT2D eigenvalue weighted by Gasteiger charge is 2.09. The average molecular weight is 237 g/mol. The summed E-state index contributed by atoms with van der Waals surface area (Å²) in [5.41, 5.74) is 1.01. The summed E-state index contributed by atoms with van der Waals surface area (Å²) >= 11 is 0. The Morgan fingerprint density at radius 2 is 2.24 bits per heavy atom. The second-order valence-corrected chi connectivity index (χ2v) is 3.70. The van der Waals surface area contributed by atoms with Crippen molar-refractivity contribution in [2.75, 3.05) is 20.3 Å². The van der Waals surface area contributed by atoms with Crippen molar-refractivity contribution in [2.45, 2.75) is 19.9 Å². The molecule has 4 heteroatoms. The molecule has 0 aromatic heterocycles. The molecular formula is C13H19NO3.